The van der Waals surface area contributed by atoms with Crippen molar-refractivity contribution in [3.63, 3.8) is 0 Å². The number of aromatic carboxylic acids is 1. The lowest BCUT2D eigenvalue weighted by Gasteiger charge is -2.05. The lowest BCUT2D eigenvalue weighted by Crippen LogP contribution is -2.06. The van der Waals surface area contributed by atoms with Gasteiger partial charge in [-0.25, -0.2) is 9.78 Å². The van der Waals surface area contributed by atoms with Crippen LogP contribution in [0.1, 0.15) is 10.5 Å². The number of hydrogen-bond acceptors (Lipinski definition) is 5. The van der Waals surface area contributed by atoms with Gasteiger partial charge >= 0.3 is 5.97 Å². The maximum Gasteiger partial charge on any atom is 0.356 e. The summed E-state index contributed by atoms with van der Waals surface area (Å²) < 4.78 is 4.99. The van der Waals surface area contributed by atoms with E-state index in [0.717, 1.165) is 0 Å². The van der Waals surface area contributed by atoms with Gasteiger partial charge in [0.2, 0.25) is 0 Å². The number of carboxylic acid groups (broad SMARTS) is 1. The smallest absolute Gasteiger partial charge is 0.356 e. The van der Waals surface area contributed by atoms with Gasteiger partial charge in [-0.3, -0.25) is 4.98 Å². The predicted octanol–water partition coefficient (Wildman–Crippen LogP) is 1.43. The highest BCUT2D eigenvalue weighted by atomic mass is 16.5. The number of pyridine rings is 2. The second kappa shape index (κ2) is 4.70. The summed E-state index contributed by atoms with van der Waals surface area (Å²) in [5.41, 5.74) is 6.48. The predicted molar refractivity (Wildman–Crippen MR) is 65.4 cm³/mol. The average Bonchev–Trinajstić information content (AvgIpc) is 2.39. The molecule has 2 aromatic rings. The number of hydrogen-bond donors (Lipinski definition) is 2. The number of carbonyl (C=O) groups is 1. The number of nitrogens with two attached hydrogens (primary N) is 1. The zero-order valence-electron chi connectivity index (χ0n) is 9.62. The molecule has 92 valence electrons. The van der Waals surface area contributed by atoms with Gasteiger partial charge in [0.15, 0.2) is 5.69 Å². The Bertz CT molecular complexity index is 582. The van der Waals surface area contributed by atoms with E-state index in [-0.39, 0.29) is 11.4 Å². The van der Waals surface area contributed by atoms with Crippen LogP contribution in [0.3, 0.4) is 0 Å². The van der Waals surface area contributed by atoms with E-state index < -0.39 is 5.97 Å². The summed E-state index contributed by atoms with van der Waals surface area (Å²) >= 11 is 0. The van der Waals surface area contributed by atoms with Gasteiger partial charge in [0.25, 0.3) is 0 Å². The largest absolute Gasteiger partial charge is 0.495 e. The quantitative estimate of drug-likeness (QED) is 0.848. The van der Waals surface area contributed by atoms with Crippen LogP contribution in [0.4, 0.5) is 5.69 Å². The molecule has 2 rings (SSSR count). The van der Waals surface area contributed by atoms with Crippen LogP contribution in [-0.2, 0) is 0 Å². The van der Waals surface area contributed by atoms with Crippen molar-refractivity contribution >= 4 is 11.7 Å². The first-order valence-electron chi connectivity index (χ1n) is 5.12. The maximum absolute atomic E-state index is 10.9. The highest BCUT2D eigenvalue weighted by Crippen LogP contribution is 2.20. The monoisotopic (exact) mass is 245 g/mol. The molecule has 0 bridgehead atoms. The highest BCUT2D eigenvalue weighted by molar-refractivity contribution is 5.91. The number of ether oxygens (including phenoxy) is 1. The summed E-state index contributed by atoms with van der Waals surface area (Å²) in [5.74, 6) is -0.546. The first kappa shape index (κ1) is 11.8. The fourth-order valence-electron chi connectivity index (χ4n) is 1.44. The minimum atomic E-state index is -1.16. The number of carboxylic acids is 1. The van der Waals surface area contributed by atoms with Gasteiger partial charge in [-0.05, 0) is 24.3 Å². The molecule has 2 heterocycles. The molecule has 2 aromatic heterocycles. The average molecular weight is 245 g/mol. The normalized spacial score (nSPS) is 10.1. The molecule has 0 aliphatic carbocycles. The first-order valence-corrected chi connectivity index (χ1v) is 5.12. The lowest BCUT2D eigenvalue weighted by atomic mass is 10.2. The molecular weight excluding hydrogens is 234 g/mol. The highest BCUT2D eigenvalue weighted by Gasteiger charge is 2.12. The van der Waals surface area contributed by atoms with Crippen LogP contribution >= 0.6 is 0 Å². The molecule has 0 aliphatic heterocycles. The summed E-state index contributed by atoms with van der Waals surface area (Å²) in [6.45, 7) is 0. The summed E-state index contributed by atoms with van der Waals surface area (Å²) in [5, 5.41) is 8.94. The van der Waals surface area contributed by atoms with Crippen molar-refractivity contribution in [3.8, 4) is 17.1 Å². The van der Waals surface area contributed by atoms with E-state index in [1.807, 2.05) is 0 Å². The molecular formula is C12H11N3O3. The van der Waals surface area contributed by atoms with E-state index >= 15 is 0 Å². The molecule has 18 heavy (non-hydrogen) atoms. The van der Waals surface area contributed by atoms with Crippen LogP contribution in [0.25, 0.3) is 11.4 Å². The molecule has 0 aromatic carbocycles. The van der Waals surface area contributed by atoms with Crippen LogP contribution in [0.2, 0.25) is 0 Å². The fourth-order valence-corrected chi connectivity index (χ4v) is 1.44. The van der Waals surface area contributed by atoms with Crippen LogP contribution in [0.5, 0.6) is 5.75 Å². The van der Waals surface area contributed by atoms with Crippen molar-refractivity contribution in [1.29, 1.82) is 0 Å². The van der Waals surface area contributed by atoms with Crippen LogP contribution in [-0.4, -0.2) is 28.2 Å². The maximum atomic E-state index is 10.9. The van der Waals surface area contributed by atoms with Crippen molar-refractivity contribution in [1.82, 2.24) is 9.97 Å². The first-order chi connectivity index (χ1) is 8.61. The second-order valence-corrected chi connectivity index (χ2v) is 3.52. The Morgan fingerprint density at radius 3 is 2.56 bits per heavy atom. The van der Waals surface area contributed by atoms with Gasteiger partial charge in [0.05, 0.1) is 30.4 Å². The van der Waals surface area contributed by atoms with E-state index in [9.17, 15) is 4.79 Å². The summed E-state index contributed by atoms with van der Waals surface area (Å²) in [4.78, 5) is 19.0. The van der Waals surface area contributed by atoms with Crippen LogP contribution in [0.15, 0.2) is 30.5 Å². The Kier molecular flexibility index (Phi) is 3.09. The van der Waals surface area contributed by atoms with Gasteiger partial charge < -0.3 is 15.6 Å². The Balaban J connectivity index is 2.44. The number of nitrogen functional groups attached to an aromatic ring is 1. The van der Waals surface area contributed by atoms with Crippen molar-refractivity contribution in [2.75, 3.05) is 12.8 Å². The van der Waals surface area contributed by atoms with E-state index in [1.54, 1.807) is 25.3 Å². The molecule has 6 heteroatoms. The third-order valence-electron chi connectivity index (χ3n) is 2.36. The van der Waals surface area contributed by atoms with E-state index in [0.29, 0.717) is 17.1 Å². The topological polar surface area (TPSA) is 98.3 Å². The van der Waals surface area contributed by atoms with Gasteiger partial charge in [-0.1, -0.05) is 0 Å². The molecule has 6 nitrogen and oxygen atoms in total. The molecule has 0 saturated heterocycles. The standard InChI is InChI=1S/C12H11N3O3/c1-18-7-2-4-9(14-6-7)10-5-3-8(13)11(15-10)12(16)17/h2-6H,13H2,1H3,(H,16,17). The third-order valence-corrected chi connectivity index (χ3v) is 2.36. The number of rotatable bonds is 3. The number of aromatic nitrogens is 2. The molecule has 0 radical (unpaired) electrons. The van der Waals surface area contributed by atoms with Crippen molar-refractivity contribution < 1.29 is 14.6 Å². The Morgan fingerprint density at radius 1 is 1.28 bits per heavy atom. The number of anilines is 1. The number of nitrogens with zero attached hydrogens (tertiary/aromatic N) is 2. The Hall–Kier alpha value is -2.63. The van der Waals surface area contributed by atoms with Crippen molar-refractivity contribution in [3.05, 3.63) is 36.2 Å². The van der Waals surface area contributed by atoms with E-state index in [1.165, 1.54) is 12.3 Å². The van der Waals surface area contributed by atoms with Crippen LogP contribution in [0, 0.1) is 0 Å². The zero-order valence-corrected chi connectivity index (χ0v) is 9.62. The summed E-state index contributed by atoms with van der Waals surface area (Å²) in [6, 6.07) is 6.54. The molecule has 0 atom stereocenters. The Morgan fingerprint density at radius 2 is 2.00 bits per heavy atom. The SMILES string of the molecule is COc1ccc(-c2ccc(N)c(C(=O)O)n2)nc1. The van der Waals surface area contributed by atoms with Gasteiger partial charge in [-0.15, -0.1) is 0 Å². The fraction of sp³-hybridized carbons (Fsp3) is 0.0833. The number of methoxy groups -OCH3 is 1. The minimum Gasteiger partial charge on any atom is -0.495 e. The van der Waals surface area contributed by atoms with E-state index in [2.05, 4.69) is 9.97 Å². The lowest BCUT2D eigenvalue weighted by molar-refractivity contribution is 0.0692. The molecule has 0 amide bonds. The summed E-state index contributed by atoms with van der Waals surface area (Å²) in [6.07, 6.45) is 1.54. The third kappa shape index (κ3) is 2.22. The van der Waals surface area contributed by atoms with Gasteiger partial charge in [-0.2, -0.15) is 0 Å². The summed E-state index contributed by atoms with van der Waals surface area (Å²) in [7, 11) is 1.54. The molecule has 0 saturated carbocycles. The zero-order chi connectivity index (χ0) is 13.1. The van der Waals surface area contributed by atoms with Gasteiger partial charge in [0, 0.05) is 0 Å². The van der Waals surface area contributed by atoms with E-state index in [4.69, 9.17) is 15.6 Å². The van der Waals surface area contributed by atoms with Crippen molar-refractivity contribution in [2.45, 2.75) is 0 Å². The minimum absolute atomic E-state index is 0.125. The molecule has 0 fully saturated rings. The van der Waals surface area contributed by atoms with Crippen LogP contribution < -0.4 is 10.5 Å². The Labute approximate surface area is 103 Å². The molecule has 0 unspecified atom stereocenters. The molecule has 0 spiro atoms. The second-order valence-electron chi connectivity index (χ2n) is 3.52. The van der Waals surface area contributed by atoms with Crippen molar-refractivity contribution in [2.24, 2.45) is 0 Å². The molecule has 3 N–H and O–H groups in total. The molecule has 0 aliphatic rings. The van der Waals surface area contributed by atoms with Gasteiger partial charge in [0.1, 0.15) is 5.75 Å².